The van der Waals surface area contributed by atoms with Gasteiger partial charge in [0, 0.05) is 6.54 Å². The minimum absolute atomic E-state index is 0.00208. The molecule has 12 heavy (non-hydrogen) atoms. The number of likely N-dealkylation sites (tertiary alicyclic amines) is 1. The molecule has 0 amide bonds. The van der Waals surface area contributed by atoms with E-state index in [1.807, 2.05) is 0 Å². The zero-order valence-corrected chi connectivity index (χ0v) is 7.87. The van der Waals surface area contributed by atoms with Crippen LogP contribution in [0.15, 0.2) is 0 Å². The van der Waals surface area contributed by atoms with Gasteiger partial charge in [-0.3, -0.25) is 0 Å². The molecule has 0 spiro atoms. The van der Waals surface area contributed by atoms with Gasteiger partial charge in [-0.25, -0.2) is 0 Å². The first-order valence-electron chi connectivity index (χ1n) is 5.12. The smallest absolute Gasteiger partial charge is 0.0543 e. The third-order valence-corrected chi connectivity index (χ3v) is 3.54. The Balaban J connectivity index is 1.94. The molecular weight excluding hydrogens is 150 g/mol. The molecular formula is C10H19NO. The van der Waals surface area contributed by atoms with Crippen LogP contribution in [0.4, 0.5) is 0 Å². The molecule has 0 unspecified atom stereocenters. The van der Waals surface area contributed by atoms with Gasteiger partial charge in [-0.2, -0.15) is 0 Å². The number of hydrogen-bond donors (Lipinski definition) is 1. The van der Waals surface area contributed by atoms with Gasteiger partial charge in [0.25, 0.3) is 0 Å². The van der Waals surface area contributed by atoms with Crippen molar-refractivity contribution < 1.29 is 5.11 Å². The van der Waals surface area contributed by atoms with E-state index in [9.17, 15) is 5.11 Å². The zero-order valence-electron chi connectivity index (χ0n) is 7.87. The Morgan fingerprint density at radius 2 is 2.00 bits per heavy atom. The molecule has 1 saturated carbocycles. The van der Waals surface area contributed by atoms with Crippen molar-refractivity contribution in [2.75, 3.05) is 20.1 Å². The average molecular weight is 169 g/mol. The van der Waals surface area contributed by atoms with Gasteiger partial charge in [0.15, 0.2) is 0 Å². The standard InChI is InChI=1S/C10H19NO/c1-11-5-4-8-2-3-10(12)6-9(8)7-11/h8-10,12H,2-7H2,1H3/t8-,9+,10+/m0/s1. The monoisotopic (exact) mass is 169 g/mol. The third-order valence-electron chi connectivity index (χ3n) is 3.54. The first-order chi connectivity index (χ1) is 5.75. The Bertz CT molecular complexity index is 144. The summed E-state index contributed by atoms with van der Waals surface area (Å²) in [4.78, 5) is 2.40. The van der Waals surface area contributed by atoms with Crippen molar-refractivity contribution >= 4 is 0 Å². The molecule has 2 heteroatoms. The molecule has 1 N–H and O–H groups in total. The highest BCUT2D eigenvalue weighted by Crippen LogP contribution is 2.35. The van der Waals surface area contributed by atoms with Crippen LogP contribution in [0.3, 0.4) is 0 Å². The van der Waals surface area contributed by atoms with Crippen LogP contribution in [-0.4, -0.2) is 36.2 Å². The topological polar surface area (TPSA) is 23.5 Å². The van der Waals surface area contributed by atoms with E-state index in [1.165, 1.54) is 25.9 Å². The number of fused-ring (bicyclic) bond motifs is 1. The van der Waals surface area contributed by atoms with E-state index in [0.717, 1.165) is 24.7 Å². The molecule has 2 nitrogen and oxygen atoms in total. The van der Waals surface area contributed by atoms with Crippen LogP contribution >= 0.6 is 0 Å². The maximum absolute atomic E-state index is 9.52. The maximum atomic E-state index is 9.52. The van der Waals surface area contributed by atoms with Crippen LogP contribution in [0.5, 0.6) is 0 Å². The van der Waals surface area contributed by atoms with Crippen molar-refractivity contribution in [3.63, 3.8) is 0 Å². The van der Waals surface area contributed by atoms with E-state index in [4.69, 9.17) is 0 Å². The van der Waals surface area contributed by atoms with Gasteiger partial charge in [0.1, 0.15) is 0 Å². The van der Waals surface area contributed by atoms with Crippen molar-refractivity contribution in [3.8, 4) is 0 Å². The predicted octanol–water partition coefficient (Wildman–Crippen LogP) is 1.10. The average Bonchev–Trinajstić information content (AvgIpc) is 2.03. The molecule has 1 aliphatic heterocycles. The number of aliphatic hydroxyl groups excluding tert-OH is 1. The van der Waals surface area contributed by atoms with Crippen LogP contribution in [-0.2, 0) is 0 Å². The molecule has 2 fully saturated rings. The number of rotatable bonds is 0. The second-order valence-electron chi connectivity index (χ2n) is 4.54. The van der Waals surface area contributed by atoms with Gasteiger partial charge in [0.2, 0.25) is 0 Å². The van der Waals surface area contributed by atoms with Gasteiger partial charge in [-0.15, -0.1) is 0 Å². The predicted molar refractivity (Wildman–Crippen MR) is 49.0 cm³/mol. The molecule has 0 bridgehead atoms. The number of hydrogen-bond acceptors (Lipinski definition) is 2. The Hall–Kier alpha value is -0.0800. The molecule has 3 atom stereocenters. The summed E-state index contributed by atoms with van der Waals surface area (Å²) >= 11 is 0. The van der Waals surface area contributed by atoms with Gasteiger partial charge in [-0.1, -0.05) is 0 Å². The van der Waals surface area contributed by atoms with E-state index < -0.39 is 0 Å². The minimum Gasteiger partial charge on any atom is -0.393 e. The van der Waals surface area contributed by atoms with Crippen molar-refractivity contribution in [3.05, 3.63) is 0 Å². The summed E-state index contributed by atoms with van der Waals surface area (Å²) in [7, 11) is 2.19. The SMILES string of the molecule is CN1CC[C@@H]2CC[C@@H](O)C[C@@H]2C1. The Morgan fingerprint density at radius 1 is 1.17 bits per heavy atom. The molecule has 0 aromatic heterocycles. The largest absolute Gasteiger partial charge is 0.393 e. The highest BCUT2D eigenvalue weighted by Gasteiger charge is 2.32. The maximum Gasteiger partial charge on any atom is 0.0543 e. The summed E-state index contributed by atoms with van der Waals surface area (Å²) in [6.45, 7) is 2.47. The fourth-order valence-corrected chi connectivity index (χ4v) is 2.78. The highest BCUT2D eigenvalue weighted by molar-refractivity contribution is 4.85. The fourth-order valence-electron chi connectivity index (χ4n) is 2.78. The zero-order chi connectivity index (χ0) is 8.55. The quantitative estimate of drug-likeness (QED) is 0.587. The van der Waals surface area contributed by atoms with Crippen LogP contribution in [0.1, 0.15) is 25.7 Å². The molecule has 0 aromatic carbocycles. The molecule has 1 heterocycles. The van der Waals surface area contributed by atoms with E-state index in [0.29, 0.717) is 0 Å². The summed E-state index contributed by atoms with van der Waals surface area (Å²) in [6.07, 6.45) is 4.71. The first kappa shape index (κ1) is 8.52. The lowest BCUT2D eigenvalue weighted by Gasteiger charge is -2.41. The lowest BCUT2D eigenvalue weighted by atomic mass is 9.74. The van der Waals surface area contributed by atoms with Crippen molar-refractivity contribution in [2.24, 2.45) is 11.8 Å². The second-order valence-corrected chi connectivity index (χ2v) is 4.54. The number of nitrogens with zero attached hydrogens (tertiary/aromatic N) is 1. The van der Waals surface area contributed by atoms with Crippen molar-refractivity contribution in [2.45, 2.75) is 31.8 Å². The van der Waals surface area contributed by atoms with Gasteiger partial charge in [-0.05, 0) is 51.1 Å². The molecule has 2 aliphatic rings. The number of piperidine rings is 1. The van der Waals surface area contributed by atoms with Crippen LogP contribution in [0.2, 0.25) is 0 Å². The highest BCUT2D eigenvalue weighted by atomic mass is 16.3. The van der Waals surface area contributed by atoms with Crippen LogP contribution < -0.4 is 0 Å². The molecule has 70 valence electrons. The summed E-state index contributed by atoms with van der Waals surface area (Å²) < 4.78 is 0. The summed E-state index contributed by atoms with van der Waals surface area (Å²) in [5.41, 5.74) is 0. The second kappa shape index (κ2) is 3.35. The van der Waals surface area contributed by atoms with E-state index in [1.54, 1.807) is 0 Å². The summed E-state index contributed by atoms with van der Waals surface area (Å²) in [6, 6.07) is 0. The normalized spacial score (nSPS) is 44.0. The van der Waals surface area contributed by atoms with Crippen molar-refractivity contribution in [1.29, 1.82) is 0 Å². The van der Waals surface area contributed by atoms with Gasteiger partial charge < -0.3 is 10.0 Å². The van der Waals surface area contributed by atoms with Gasteiger partial charge >= 0.3 is 0 Å². The third kappa shape index (κ3) is 1.64. The van der Waals surface area contributed by atoms with Crippen LogP contribution in [0.25, 0.3) is 0 Å². The Kier molecular flexibility index (Phi) is 2.37. The fraction of sp³-hybridized carbons (Fsp3) is 1.00. The molecule has 1 aliphatic carbocycles. The minimum atomic E-state index is -0.00208. The number of aliphatic hydroxyl groups is 1. The molecule has 1 saturated heterocycles. The summed E-state index contributed by atoms with van der Waals surface area (Å²) in [5, 5.41) is 9.52. The lowest BCUT2D eigenvalue weighted by Crippen LogP contribution is -2.42. The molecule has 2 rings (SSSR count). The van der Waals surface area contributed by atoms with E-state index >= 15 is 0 Å². The Labute approximate surface area is 74.6 Å². The van der Waals surface area contributed by atoms with Gasteiger partial charge in [0.05, 0.1) is 6.10 Å². The van der Waals surface area contributed by atoms with Crippen LogP contribution in [0, 0.1) is 11.8 Å². The molecule has 0 radical (unpaired) electrons. The van der Waals surface area contributed by atoms with E-state index in [2.05, 4.69) is 11.9 Å². The summed E-state index contributed by atoms with van der Waals surface area (Å²) in [5.74, 6) is 1.71. The molecule has 0 aromatic rings. The van der Waals surface area contributed by atoms with E-state index in [-0.39, 0.29) is 6.10 Å². The lowest BCUT2D eigenvalue weighted by molar-refractivity contribution is 0.0268. The first-order valence-corrected chi connectivity index (χ1v) is 5.12. The Morgan fingerprint density at radius 3 is 2.83 bits per heavy atom. The van der Waals surface area contributed by atoms with Crippen molar-refractivity contribution in [1.82, 2.24) is 4.90 Å².